The Balaban J connectivity index is 1.30. The summed E-state index contributed by atoms with van der Waals surface area (Å²) < 4.78 is 13.1. The number of anilines is 1. The first kappa shape index (κ1) is 27.0. The molecule has 2 aromatic carbocycles. The Bertz CT molecular complexity index is 1550. The van der Waals surface area contributed by atoms with Gasteiger partial charge >= 0.3 is 11.7 Å². The van der Waals surface area contributed by atoms with Crippen LogP contribution in [0, 0.1) is 0 Å². The van der Waals surface area contributed by atoms with Crippen molar-refractivity contribution in [3.05, 3.63) is 75.1 Å². The number of fused-ring (bicyclic) bond motifs is 1. The lowest BCUT2D eigenvalue weighted by Gasteiger charge is -2.38. The second kappa shape index (κ2) is 11.3. The molecule has 3 aromatic rings. The molecular weight excluding hydrogens is 514 g/mol. The van der Waals surface area contributed by atoms with Crippen LogP contribution in [0.3, 0.4) is 0 Å². The van der Waals surface area contributed by atoms with Crippen molar-refractivity contribution in [1.82, 2.24) is 18.9 Å². The first-order valence-electron chi connectivity index (χ1n) is 13.3. The van der Waals surface area contributed by atoms with E-state index < -0.39 is 11.2 Å². The summed E-state index contributed by atoms with van der Waals surface area (Å²) in [6.07, 6.45) is 3.46. The van der Waals surface area contributed by atoms with Crippen molar-refractivity contribution >= 4 is 17.6 Å². The van der Waals surface area contributed by atoms with Crippen molar-refractivity contribution in [2.75, 3.05) is 39.2 Å². The highest BCUT2D eigenvalue weighted by molar-refractivity contribution is 5.91. The SMILES string of the molecule is COc1cccc(-c2cn(CC(=O)N3CCC(N4CCc5ccccc5NC4=O)CC3)c(=O)n(C)c2=O)c1OC. The van der Waals surface area contributed by atoms with E-state index in [1.807, 2.05) is 29.2 Å². The van der Waals surface area contributed by atoms with Crippen LogP contribution in [-0.4, -0.2) is 70.8 Å². The zero-order valence-corrected chi connectivity index (χ0v) is 22.9. The average molecular weight is 548 g/mol. The van der Waals surface area contributed by atoms with Gasteiger partial charge in [0.15, 0.2) is 11.5 Å². The summed E-state index contributed by atoms with van der Waals surface area (Å²) in [5.41, 5.74) is 1.55. The summed E-state index contributed by atoms with van der Waals surface area (Å²) >= 11 is 0. The van der Waals surface area contributed by atoms with Gasteiger partial charge in [-0.2, -0.15) is 0 Å². The van der Waals surface area contributed by atoms with Gasteiger partial charge in [-0.15, -0.1) is 0 Å². The van der Waals surface area contributed by atoms with Crippen LogP contribution in [0.4, 0.5) is 10.5 Å². The highest BCUT2D eigenvalue weighted by Crippen LogP contribution is 2.36. The molecule has 1 N–H and O–H groups in total. The Morgan fingerprint density at radius 2 is 1.70 bits per heavy atom. The topological polar surface area (TPSA) is 115 Å². The normalized spacial score (nSPS) is 15.7. The molecule has 210 valence electrons. The highest BCUT2D eigenvalue weighted by Gasteiger charge is 2.31. The third kappa shape index (κ3) is 5.06. The molecule has 0 bridgehead atoms. The zero-order valence-electron chi connectivity index (χ0n) is 22.9. The van der Waals surface area contributed by atoms with Crippen molar-refractivity contribution in [3.63, 3.8) is 0 Å². The van der Waals surface area contributed by atoms with Crippen LogP contribution < -0.4 is 26.0 Å². The monoisotopic (exact) mass is 547 g/mol. The fourth-order valence-electron chi connectivity index (χ4n) is 5.53. The molecule has 0 radical (unpaired) electrons. The molecule has 2 aliphatic heterocycles. The number of nitrogens with zero attached hydrogens (tertiary/aromatic N) is 4. The number of amides is 3. The molecule has 11 heteroatoms. The van der Waals surface area contributed by atoms with Gasteiger partial charge in [0.05, 0.1) is 19.8 Å². The highest BCUT2D eigenvalue weighted by atomic mass is 16.5. The summed E-state index contributed by atoms with van der Waals surface area (Å²) in [4.78, 5) is 55.7. The summed E-state index contributed by atoms with van der Waals surface area (Å²) in [6, 6.07) is 12.9. The number of piperidine rings is 1. The minimum absolute atomic E-state index is 0.0192. The fraction of sp³-hybridized carbons (Fsp3) is 0.379. The number of hydrogen-bond donors (Lipinski definition) is 1. The van der Waals surface area contributed by atoms with E-state index in [-0.39, 0.29) is 30.1 Å². The summed E-state index contributed by atoms with van der Waals surface area (Å²) in [7, 11) is 4.36. The minimum atomic E-state index is -0.584. The number of carbonyl (C=O) groups excluding carboxylic acids is 2. The van der Waals surface area contributed by atoms with Crippen molar-refractivity contribution in [2.45, 2.75) is 31.8 Å². The number of benzene rings is 2. The van der Waals surface area contributed by atoms with Gasteiger partial charge in [0, 0.05) is 50.2 Å². The molecule has 1 fully saturated rings. The van der Waals surface area contributed by atoms with Gasteiger partial charge in [-0.25, -0.2) is 9.59 Å². The molecule has 11 nitrogen and oxygen atoms in total. The number of ether oxygens (including phenoxy) is 2. The Morgan fingerprint density at radius 1 is 0.950 bits per heavy atom. The maximum atomic E-state index is 13.3. The molecule has 0 atom stereocenters. The first-order valence-corrected chi connectivity index (χ1v) is 13.3. The van der Waals surface area contributed by atoms with E-state index in [1.54, 1.807) is 23.1 Å². The van der Waals surface area contributed by atoms with E-state index in [4.69, 9.17) is 9.47 Å². The first-order chi connectivity index (χ1) is 19.3. The van der Waals surface area contributed by atoms with Crippen LogP contribution in [0.1, 0.15) is 18.4 Å². The van der Waals surface area contributed by atoms with E-state index >= 15 is 0 Å². The van der Waals surface area contributed by atoms with Crippen molar-refractivity contribution in [1.29, 1.82) is 0 Å². The smallest absolute Gasteiger partial charge is 0.331 e. The van der Waals surface area contributed by atoms with Crippen molar-refractivity contribution in [2.24, 2.45) is 7.05 Å². The molecule has 5 rings (SSSR count). The van der Waals surface area contributed by atoms with Crippen LogP contribution in [0.2, 0.25) is 0 Å². The van der Waals surface area contributed by atoms with Crippen molar-refractivity contribution < 1.29 is 19.1 Å². The molecular formula is C29H33N5O6. The predicted octanol–water partition coefficient (Wildman–Crippen LogP) is 2.31. The van der Waals surface area contributed by atoms with Gasteiger partial charge in [0.25, 0.3) is 5.56 Å². The van der Waals surface area contributed by atoms with Gasteiger partial charge in [-0.05, 0) is 37.0 Å². The van der Waals surface area contributed by atoms with E-state index in [9.17, 15) is 19.2 Å². The number of carbonyl (C=O) groups is 2. The summed E-state index contributed by atoms with van der Waals surface area (Å²) in [5, 5.41) is 3.01. The second-order valence-electron chi connectivity index (χ2n) is 10.0. The van der Waals surface area contributed by atoms with Crippen LogP contribution in [-0.2, 0) is 24.8 Å². The van der Waals surface area contributed by atoms with Crippen molar-refractivity contribution in [3.8, 4) is 22.6 Å². The number of rotatable bonds is 6. The van der Waals surface area contributed by atoms with Gasteiger partial charge in [0.2, 0.25) is 5.91 Å². The molecule has 1 saturated heterocycles. The van der Waals surface area contributed by atoms with Crippen LogP contribution in [0.25, 0.3) is 11.1 Å². The molecule has 0 saturated carbocycles. The number of nitrogens with one attached hydrogen (secondary N) is 1. The molecule has 3 heterocycles. The predicted molar refractivity (Wildman–Crippen MR) is 150 cm³/mol. The Hall–Kier alpha value is -4.54. The Morgan fingerprint density at radius 3 is 2.42 bits per heavy atom. The maximum Gasteiger partial charge on any atom is 0.331 e. The fourth-order valence-corrected chi connectivity index (χ4v) is 5.53. The zero-order chi connectivity index (χ0) is 28.4. The molecule has 0 aliphatic carbocycles. The number of urea groups is 1. The summed E-state index contributed by atoms with van der Waals surface area (Å²) in [5.74, 6) is 0.581. The number of hydrogen-bond acceptors (Lipinski definition) is 6. The third-order valence-electron chi connectivity index (χ3n) is 7.75. The molecule has 40 heavy (non-hydrogen) atoms. The summed E-state index contributed by atoms with van der Waals surface area (Å²) in [6.45, 7) is 1.34. The maximum absolute atomic E-state index is 13.3. The average Bonchev–Trinajstić information content (AvgIpc) is 3.15. The lowest BCUT2D eigenvalue weighted by Crippen LogP contribution is -2.51. The number of aromatic nitrogens is 2. The standard InChI is InChI=1S/C29H33N5O6/c1-31-27(36)22(21-8-6-10-24(39-2)26(21)40-3)17-33(29(31)38)18-25(35)32-14-12-20(13-15-32)34-16-11-19-7-4-5-9-23(19)30-28(34)37/h4-10,17,20H,11-16,18H2,1-3H3,(H,30,37). The third-order valence-corrected chi connectivity index (χ3v) is 7.75. The number of para-hydroxylation sites is 2. The molecule has 3 amide bonds. The largest absolute Gasteiger partial charge is 0.493 e. The van der Waals surface area contributed by atoms with Gasteiger partial charge in [-0.1, -0.05) is 30.3 Å². The Labute approximate surface area is 231 Å². The van der Waals surface area contributed by atoms with E-state index in [2.05, 4.69) is 5.32 Å². The van der Waals surface area contributed by atoms with E-state index in [1.165, 1.54) is 32.0 Å². The lowest BCUT2D eigenvalue weighted by molar-refractivity contribution is -0.133. The van der Waals surface area contributed by atoms with E-state index in [0.29, 0.717) is 49.5 Å². The van der Waals surface area contributed by atoms with Gasteiger partial charge < -0.3 is 24.6 Å². The molecule has 1 aromatic heterocycles. The Kier molecular flexibility index (Phi) is 7.63. The quantitative estimate of drug-likeness (QED) is 0.507. The van der Waals surface area contributed by atoms with Crippen LogP contribution >= 0.6 is 0 Å². The molecule has 0 spiro atoms. The van der Waals surface area contributed by atoms with Gasteiger partial charge in [-0.3, -0.25) is 18.7 Å². The molecule has 0 unspecified atom stereocenters. The van der Waals surface area contributed by atoms with E-state index in [0.717, 1.165) is 22.2 Å². The second-order valence-corrected chi connectivity index (χ2v) is 10.0. The lowest BCUT2D eigenvalue weighted by atomic mass is 10.0. The molecule has 2 aliphatic rings. The number of methoxy groups -OCH3 is 2. The minimum Gasteiger partial charge on any atom is -0.493 e. The van der Waals surface area contributed by atoms with Crippen LogP contribution in [0.5, 0.6) is 11.5 Å². The van der Waals surface area contributed by atoms with Gasteiger partial charge in [0.1, 0.15) is 6.54 Å². The van der Waals surface area contributed by atoms with Crippen LogP contribution in [0.15, 0.2) is 58.3 Å². The number of likely N-dealkylation sites (tertiary alicyclic amines) is 1.